The van der Waals surface area contributed by atoms with Gasteiger partial charge in [0.1, 0.15) is 5.75 Å². The number of benzene rings is 1. The highest BCUT2D eigenvalue weighted by atomic mass is 32.1. The molecule has 1 fully saturated rings. The van der Waals surface area contributed by atoms with Gasteiger partial charge in [-0.2, -0.15) is 0 Å². The number of likely N-dealkylation sites (tertiary alicyclic amines) is 1. The molecular formula is C14H17NO2S. The van der Waals surface area contributed by atoms with E-state index in [-0.39, 0.29) is 23.4 Å². The second-order valence-electron chi connectivity index (χ2n) is 5.28. The summed E-state index contributed by atoms with van der Waals surface area (Å²) in [6.45, 7) is 4.19. The van der Waals surface area contributed by atoms with Crippen LogP contribution in [0.2, 0.25) is 0 Å². The van der Waals surface area contributed by atoms with E-state index in [1.165, 1.54) is 5.56 Å². The third-order valence-corrected chi connectivity index (χ3v) is 4.22. The van der Waals surface area contributed by atoms with E-state index >= 15 is 0 Å². The van der Waals surface area contributed by atoms with Crippen molar-refractivity contribution in [1.29, 1.82) is 0 Å². The minimum Gasteiger partial charge on any atom is -0.474 e. The Hall–Kier alpha value is -1.00. The molecule has 1 aromatic rings. The molecule has 96 valence electrons. The number of nitrogens with zero attached hydrogens (tertiary/aromatic N) is 1. The summed E-state index contributed by atoms with van der Waals surface area (Å²) in [6.07, 6.45) is 0.797. The molecule has 0 spiro atoms. The molecule has 18 heavy (non-hydrogen) atoms. The standard InChI is InChI=1S/C14H17NO2S/c1-8(2)15-11(14(16)18)7-10-9-5-3-4-6-12(9)17-13(10)15/h3-6,8,10-11,13H,7H2,1-2H3,(H,16,18). The molecule has 0 N–H and O–H groups in total. The van der Waals surface area contributed by atoms with Crippen molar-refractivity contribution in [2.24, 2.45) is 0 Å². The fourth-order valence-electron chi connectivity index (χ4n) is 3.19. The van der Waals surface area contributed by atoms with Crippen LogP contribution in [-0.4, -0.2) is 28.3 Å². The average molecular weight is 263 g/mol. The Morgan fingerprint density at radius 1 is 1.44 bits per heavy atom. The van der Waals surface area contributed by atoms with Crippen molar-refractivity contribution in [3.8, 4) is 5.75 Å². The number of thiol groups is 1. The van der Waals surface area contributed by atoms with Crippen LogP contribution < -0.4 is 4.74 Å². The van der Waals surface area contributed by atoms with Gasteiger partial charge < -0.3 is 4.74 Å². The lowest BCUT2D eigenvalue weighted by Crippen LogP contribution is -2.46. The van der Waals surface area contributed by atoms with E-state index < -0.39 is 0 Å². The van der Waals surface area contributed by atoms with Crippen molar-refractivity contribution in [3.05, 3.63) is 29.8 Å². The lowest BCUT2D eigenvalue weighted by molar-refractivity contribution is -0.117. The fraction of sp³-hybridized carbons (Fsp3) is 0.500. The summed E-state index contributed by atoms with van der Waals surface area (Å²) < 4.78 is 6.02. The number of hydrogen-bond acceptors (Lipinski definition) is 3. The van der Waals surface area contributed by atoms with Gasteiger partial charge in [0.2, 0.25) is 5.12 Å². The first-order valence-electron chi connectivity index (χ1n) is 6.35. The van der Waals surface area contributed by atoms with Crippen LogP contribution in [0.4, 0.5) is 0 Å². The Morgan fingerprint density at radius 2 is 2.17 bits per heavy atom. The van der Waals surface area contributed by atoms with Crippen molar-refractivity contribution in [3.63, 3.8) is 0 Å². The van der Waals surface area contributed by atoms with Gasteiger partial charge in [0.15, 0.2) is 6.23 Å². The summed E-state index contributed by atoms with van der Waals surface area (Å²) >= 11 is 4.03. The van der Waals surface area contributed by atoms with Gasteiger partial charge in [0.25, 0.3) is 0 Å². The van der Waals surface area contributed by atoms with Crippen LogP contribution in [0.15, 0.2) is 24.3 Å². The molecule has 1 aromatic carbocycles. The predicted octanol–water partition coefficient (Wildman–Crippen LogP) is 2.43. The van der Waals surface area contributed by atoms with Gasteiger partial charge in [-0.3, -0.25) is 9.69 Å². The second-order valence-corrected chi connectivity index (χ2v) is 5.72. The molecule has 2 aliphatic rings. The highest BCUT2D eigenvalue weighted by Gasteiger charge is 2.50. The van der Waals surface area contributed by atoms with Gasteiger partial charge in [0.05, 0.1) is 6.04 Å². The van der Waals surface area contributed by atoms with Crippen molar-refractivity contribution in [2.45, 2.75) is 44.5 Å². The molecule has 3 atom stereocenters. The Morgan fingerprint density at radius 3 is 2.83 bits per heavy atom. The average Bonchev–Trinajstić information content (AvgIpc) is 2.83. The molecule has 3 unspecified atom stereocenters. The zero-order valence-corrected chi connectivity index (χ0v) is 11.4. The number of rotatable bonds is 2. The van der Waals surface area contributed by atoms with E-state index in [2.05, 4.69) is 37.4 Å². The largest absolute Gasteiger partial charge is 0.474 e. The van der Waals surface area contributed by atoms with Gasteiger partial charge in [0, 0.05) is 17.5 Å². The van der Waals surface area contributed by atoms with Crippen molar-refractivity contribution >= 4 is 17.7 Å². The van der Waals surface area contributed by atoms with Crippen LogP contribution in [0.25, 0.3) is 0 Å². The highest BCUT2D eigenvalue weighted by Crippen LogP contribution is 2.48. The van der Waals surface area contributed by atoms with E-state index in [9.17, 15) is 4.79 Å². The van der Waals surface area contributed by atoms with E-state index in [1.807, 2.05) is 18.2 Å². The normalized spacial score (nSPS) is 30.1. The molecule has 3 rings (SSSR count). The molecule has 0 amide bonds. The molecule has 0 aromatic heterocycles. The van der Waals surface area contributed by atoms with E-state index in [1.54, 1.807) is 0 Å². The lowest BCUT2D eigenvalue weighted by Gasteiger charge is -2.31. The number of para-hydroxylation sites is 1. The van der Waals surface area contributed by atoms with Crippen molar-refractivity contribution < 1.29 is 9.53 Å². The molecule has 0 saturated carbocycles. The molecule has 2 heterocycles. The van der Waals surface area contributed by atoms with Crippen LogP contribution >= 0.6 is 12.6 Å². The summed E-state index contributed by atoms with van der Waals surface area (Å²) in [5.41, 5.74) is 1.23. The Bertz CT molecular complexity index is 488. The Balaban J connectivity index is 1.97. The van der Waals surface area contributed by atoms with Crippen LogP contribution in [0.5, 0.6) is 5.75 Å². The quantitative estimate of drug-likeness (QED) is 0.831. The zero-order valence-electron chi connectivity index (χ0n) is 10.5. The van der Waals surface area contributed by atoms with E-state index in [4.69, 9.17) is 4.74 Å². The summed E-state index contributed by atoms with van der Waals surface area (Å²) in [5, 5.41) is -0.0563. The SMILES string of the molecule is CC(C)N1C(C(=O)S)CC2c3ccccc3OC21. The van der Waals surface area contributed by atoms with Crippen LogP contribution in [0, 0.1) is 0 Å². The first kappa shape index (κ1) is 12.1. The van der Waals surface area contributed by atoms with Crippen molar-refractivity contribution in [2.75, 3.05) is 0 Å². The predicted molar refractivity (Wildman–Crippen MR) is 73.0 cm³/mol. The van der Waals surface area contributed by atoms with Gasteiger partial charge in [-0.25, -0.2) is 0 Å². The second kappa shape index (κ2) is 4.28. The van der Waals surface area contributed by atoms with Gasteiger partial charge in [-0.15, -0.1) is 12.6 Å². The van der Waals surface area contributed by atoms with Crippen LogP contribution in [0.1, 0.15) is 31.7 Å². The molecule has 4 heteroatoms. The molecular weight excluding hydrogens is 246 g/mol. The molecule has 1 saturated heterocycles. The van der Waals surface area contributed by atoms with Crippen molar-refractivity contribution in [1.82, 2.24) is 4.90 Å². The monoisotopic (exact) mass is 263 g/mol. The van der Waals surface area contributed by atoms with Gasteiger partial charge >= 0.3 is 0 Å². The maximum atomic E-state index is 11.7. The molecule has 0 aliphatic carbocycles. The summed E-state index contributed by atoms with van der Waals surface area (Å²) in [7, 11) is 0. The highest BCUT2D eigenvalue weighted by molar-refractivity contribution is 7.96. The number of carbonyl (C=O) groups is 1. The molecule has 0 radical (unpaired) electrons. The number of fused-ring (bicyclic) bond motifs is 3. The topological polar surface area (TPSA) is 29.5 Å². The number of hydrogen-bond donors (Lipinski definition) is 1. The van der Waals surface area contributed by atoms with E-state index in [0.29, 0.717) is 5.92 Å². The zero-order chi connectivity index (χ0) is 12.9. The maximum absolute atomic E-state index is 11.7. The number of ether oxygens (including phenoxy) is 1. The fourth-order valence-corrected chi connectivity index (χ4v) is 3.43. The summed E-state index contributed by atoms with van der Waals surface area (Å²) in [5.74, 6) is 1.26. The first-order valence-corrected chi connectivity index (χ1v) is 6.80. The smallest absolute Gasteiger partial charge is 0.203 e. The molecule has 0 bridgehead atoms. The third-order valence-electron chi connectivity index (χ3n) is 3.92. The lowest BCUT2D eigenvalue weighted by atomic mass is 9.97. The van der Waals surface area contributed by atoms with Gasteiger partial charge in [-0.05, 0) is 26.3 Å². The van der Waals surface area contributed by atoms with Crippen LogP contribution in [0.3, 0.4) is 0 Å². The number of carbonyl (C=O) groups excluding carboxylic acids is 1. The first-order chi connectivity index (χ1) is 8.59. The summed E-state index contributed by atoms with van der Waals surface area (Å²) in [4.78, 5) is 13.8. The van der Waals surface area contributed by atoms with E-state index in [0.717, 1.165) is 12.2 Å². The minimum atomic E-state index is -0.128. The third kappa shape index (κ3) is 1.67. The Labute approximate surface area is 113 Å². The minimum absolute atomic E-state index is 0.0106. The summed E-state index contributed by atoms with van der Waals surface area (Å²) in [6, 6.07) is 8.27. The van der Waals surface area contributed by atoms with Crippen LogP contribution in [-0.2, 0) is 4.79 Å². The molecule has 3 nitrogen and oxygen atoms in total. The Kier molecular flexibility index (Phi) is 2.87. The molecule has 2 aliphatic heterocycles. The van der Waals surface area contributed by atoms with Gasteiger partial charge in [-0.1, -0.05) is 18.2 Å². The maximum Gasteiger partial charge on any atom is 0.203 e.